The van der Waals surface area contributed by atoms with E-state index < -0.39 is 0 Å². The summed E-state index contributed by atoms with van der Waals surface area (Å²) in [4.78, 5) is 11.8. The van der Waals surface area contributed by atoms with Crippen molar-refractivity contribution in [3.05, 3.63) is 102 Å². The highest BCUT2D eigenvalue weighted by Gasteiger charge is 2.42. The summed E-state index contributed by atoms with van der Waals surface area (Å²) in [5.74, 6) is 0. The lowest BCUT2D eigenvalue weighted by Gasteiger charge is -2.31. The summed E-state index contributed by atoms with van der Waals surface area (Å²) in [7, 11) is 0. The van der Waals surface area contributed by atoms with Crippen LogP contribution in [0.15, 0.2) is 79.0 Å². The van der Waals surface area contributed by atoms with Gasteiger partial charge >= 0.3 is 0 Å². The fraction of sp³-hybridized carbons (Fsp3) is 0.353. The molecular weight excluding hydrogens is 556 g/mol. The largest absolute Gasteiger partial charge is 0.378 e. The third-order valence-corrected chi connectivity index (χ3v) is 9.19. The summed E-state index contributed by atoms with van der Waals surface area (Å²) in [6, 6.07) is 25.9. The maximum atomic E-state index is 6.03. The van der Waals surface area contributed by atoms with Crippen molar-refractivity contribution in [3.8, 4) is 5.69 Å². The third-order valence-electron chi connectivity index (χ3n) is 8.88. The SMILES string of the molecule is Cc1cc(C2C(c3ccccn3)NC(=S)N2c2ccc(N3CCOCC3)cc2)c(C)n1-c1ccc(N2CCOCC2)cc1. The third kappa shape index (κ3) is 5.37. The number of hydrogen-bond donors (Lipinski definition) is 1. The van der Waals surface area contributed by atoms with Crippen molar-refractivity contribution in [2.24, 2.45) is 0 Å². The minimum atomic E-state index is -0.0923. The molecule has 3 saturated heterocycles. The summed E-state index contributed by atoms with van der Waals surface area (Å²) in [6.07, 6.45) is 1.86. The van der Waals surface area contributed by atoms with Crippen LogP contribution in [0.25, 0.3) is 5.69 Å². The number of thiocarbonyl (C=S) groups is 1. The van der Waals surface area contributed by atoms with Gasteiger partial charge in [0.15, 0.2) is 5.11 Å². The second kappa shape index (κ2) is 12.0. The van der Waals surface area contributed by atoms with Crippen molar-refractivity contribution >= 4 is 34.4 Å². The van der Waals surface area contributed by atoms with Gasteiger partial charge in [0, 0.05) is 66.5 Å². The fourth-order valence-electron chi connectivity index (χ4n) is 6.71. The molecule has 1 N–H and O–H groups in total. The Morgan fingerprint density at radius 1 is 0.744 bits per heavy atom. The number of ether oxygens (including phenoxy) is 2. The van der Waals surface area contributed by atoms with Crippen molar-refractivity contribution in [3.63, 3.8) is 0 Å². The quantitative estimate of drug-likeness (QED) is 0.301. The first-order valence-corrected chi connectivity index (χ1v) is 15.5. The standard InChI is InChI=1S/C34H38N6O2S/c1-24-23-30(25(2)39(24)28-10-6-26(7-11-28)37-15-19-41-20-16-37)33-32(31-5-3-4-14-35-31)36-34(43)40(33)29-12-8-27(9-13-29)38-17-21-42-22-18-38/h3-14,23,32-33H,15-22H2,1-2H3,(H,36,43). The molecule has 7 rings (SSSR count). The molecule has 0 saturated carbocycles. The molecule has 0 aliphatic carbocycles. The highest BCUT2D eigenvalue weighted by molar-refractivity contribution is 7.80. The minimum absolute atomic E-state index is 0.0655. The van der Waals surface area contributed by atoms with Gasteiger partial charge in [-0.15, -0.1) is 0 Å². The van der Waals surface area contributed by atoms with Gasteiger partial charge in [-0.1, -0.05) is 6.07 Å². The summed E-state index contributed by atoms with van der Waals surface area (Å²) in [6.45, 7) is 11.2. The molecule has 0 spiro atoms. The minimum Gasteiger partial charge on any atom is -0.378 e. The molecule has 2 aromatic heterocycles. The predicted molar refractivity (Wildman–Crippen MR) is 176 cm³/mol. The van der Waals surface area contributed by atoms with Crippen LogP contribution in [0.5, 0.6) is 0 Å². The highest BCUT2D eigenvalue weighted by Crippen LogP contribution is 2.44. The van der Waals surface area contributed by atoms with E-state index in [1.807, 2.05) is 18.3 Å². The van der Waals surface area contributed by atoms with Crippen LogP contribution in [-0.2, 0) is 9.47 Å². The molecule has 0 amide bonds. The van der Waals surface area contributed by atoms with E-state index in [-0.39, 0.29) is 12.1 Å². The van der Waals surface area contributed by atoms with Crippen molar-refractivity contribution in [1.29, 1.82) is 0 Å². The number of nitrogens with zero attached hydrogens (tertiary/aromatic N) is 5. The average molecular weight is 595 g/mol. The Morgan fingerprint density at radius 2 is 1.30 bits per heavy atom. The number of nitrogens with one attached hydrogen (secondary N) is 1. The number of rotatable bonds is 6. The van der Waals surface area contributed by atoms with Crippen molar-refractivity contribution < 1.29 is 9.47 Å². The Bertz CT molecular complexity index is 1560. The van der Waals surface area contributed by atoms with E-state index in [1.54, 1.807) is 0 Å². The Hall–Kier alpha value is -3.92. The van der Waals surface area contributed by atoms with Gasteiger partial charge in [0.05, 0.1) is 44.2 Å². The number of morpholine rings is 2. The van der Waals surface area contributed by atoms with Crippen molar-refractivity contribution in [2.75, 3.05) is 67.3 Å². The summed E-state index contributed by atoms with van der Waals surface area (Å²) in [5.41, 5.74) is 9.26. The van der Waals surface area contributed by atoms with Crippen LogP contribution in [0.1, 0.15) is 34.7 Å². The van der Waals surface area contributed by atoms with Gasteiger partial charge in [0.2, 0.25) is 0 Å². The topological polar surface area (TPSA) is 58.0 Å². The maximum Gasteiger partial charge on any atom is 0.174 e. The second-order valence-electron chi connectivity index (χ2n) is 11.4. The molecule has 43 heavy (non-hydrogen) atoms. The van der Waals surface area contributed by atoms with E-state index in [2.05, 4.69) is 99.1 Å². The number of benzene rings is 2. The molecule has 9 heteroatoms. The van der Waals surface area contributed by atoms with Crippen LogP contribution in [-0.4, -0.2) is 67.3 Å². The van der Waals surface area contributed by atoms with E-state index >= 15 is 0 Å². The zero-order valence-corrected chi connectivity index (χ0v) is 25.6. The molecule has 4 aromatic rings. The van der Waals surface area contributed by atoms with Gasteiger partial charge in [-0.3, -0.25) is 4.98 Å². The van der Waals surface area contributed by atoms with Gasteiger partial charge in [0.1, 0.15) is 0 Å². The smallest absolute Gasteiger partial charge is 0.174 e. The van der Waals surface area contributed by atoms with Gasteiger partial charge in [-0.25, -0.2) is 0 Å². The van der Waals surface area contributed by atoms with Gasteiger partial charge in [-0.2, -0.15) is 0 Å². The molecule has 222 valence electrons. The molecule has 0 bridgehead atoms. The Morgan fingerprint density at radius 3 is 1.86 bits per heavy atom. The fourth-order valence-corrected chi connectivity index (χ4v) is 7.06. The van der Waals surface area contributed by atoms with Crippen LogP contribution in [0.3, 0.4) is 0 Å². The van der Waals surface area contributed by atoms with Gasteiger partial charge < -0.3 is 34.1 Å². The van der Waals surface area contributed by atoms with Crippen LogP contribution < -0.4 is 20.0 Å². The van der Waals surface area contributed by atoms with Crippen LogP contribution in [0, 0.1) is 13.8 Å². The van der Waals surface area contributed by atoms with Crippen molar-refractivity contribution in [1.82, 2.24) is 14.9 Å². The number of aryl methyl sites for hydroxylation is 1. The summed E-state index contributed by atoms with van der Waals surface area (Å²) < 4.78 is 13.5. The number of anilines is 3. The van der Waals surface area contributed by atoms with Crippen LogP contribution in [0.4, 0.5) is 17.1 Å². The molecule has 5 heterocycles. The Kier molecular flexibility index (Phi) is 7.78. The van der Waals surface area contributed by atoms with E-state index in [1.165, 1.54) is 28.3 Å². The summed E-state index contributed by atoms with van der Waals surface area (Å²) >= 11 is 6.03. The molecular formula is C34H38N6O2S. The van der Waals surface area contributed by atoms with Gasteiger partial charge in [-0.05, 0) is 98.4 Å². The average Bonchev–Trinajstić information content (AvgIpc) is 3.56. The van der Waals surface area contributed by atoms with E-state index in [0.717, 1.165) is 69.7 Å². The zero-order chi connectivity index (χ0) is 29.3. The first kappa shape index (κ1) is 27.9. The first-order valence-electron chi connectivity index (χ1n) is 15.1. The number of pyridine rings is 1. The predicted octanol–water partition coefficient (Wildman–Crippen LogP) is 5.34. The van der Waals surface area contributed by atoms with Gasteiger partial charge in [0.25, 0.3) is 0 Å². The zero-order valence-electron chi connectivity index (χ0n) is 24.8. The Labute approximate surface area is 258 Å². The highest BCUT2D eigenvalue weighted by atomic mass is 32.1. The van der Waals surface area contributed by atoms with Crippen LogP contribution >= 0.6 is 12.2 Å². The first-order chi connectivity index (χ1) is 21.1. The molecule has 3 aliphatic heterocycles. The van der Waals surface area contributed by atoms with Crippen LogP contribution in [0.2, 0.25) is 0 Å². The van der Waals surface area contributed by atoms with E-state index in [4.69, 9.17) is 26.7 Å². The lowest BCUT2D eigenvalue weighted by Crippen LogP contribution is -2.36. The molecule has 2 atom stereocenters. The van der Waals surface area contributed by atoms with E-state index in [9.17, 15) is 0 Å². The second-order valence-corrected chi connectivity index (χ2v) is 11.8. The lowest BCUT2D eigenvalue weighted by atomic mass is 9.96. The number of hydrogen-bond acceptors (Lipinski definition) is 6. The van der Waals surface area contributed by atoms with E-state index in [0.29, 0.717) is 5.11 Å². The molecule has 3 aliphatic rings. The molecule has 8 nitrogen and oxygen atoms in total. The molecule has 0 radical (unpaired) electrons. The molecule has 2 unspecified atom stereocenters. The van der Waals surface area contributed by atoms with Crippen molar-refractivity contribution in [2.45, 2.75) is 25.9 Å². The number of aromatic nitrogens is 2. The monoisotopic (exact) mass is 594 g/mol. The maximum absolute atomic E-state index is 6.03. The summed E-state index contributed by atoms with van der Waals surface area (Å²) in [5, 5.41) is 4.34. The lowest BCUT2D eigenvalue weighted by molar-refractivity contribution is 0.122. The molecule has 2 aromatic carbocycles. The Balaban J connectivity index is 1.25. The normalized spacial score (nSPS) is 20.9. The molecule has 3 fully saturated rings.